The molecule has 1 aliphatic rings. The Morgan fingerprint density at radius 2 is 1.71 bits per heavy atom. The fourth-order valence-corrected chi connectivity index (χ4v) is 4.88. The summed E-state index contributed by atoms with van der Waals surface area (Å²) in [6.45, 7) is 0.786. The fourth-order valence-electron chi connectivity index (χ4n) is 3.85. The molecule has 1 amide bonds. The molecule has 0 bridgehead atoms. The Morgan fingerprint density at radius 1 is 1.03 bits per heavy atom. The maximum Gasteiger partial charge on any atom is 0.433 e. The lowest BCUT2D eigenvalue weighted by atomic mass is 9.89. The number of carbonyl (C=O) groups excluding carboxylic acids is 1. The fraction of sp³-hybridized carbons (Fsp3) is 0.261. The zero-order chi connectivity index (χ0) is 25.2. The summed E-state index contributed by atoms with van der Waals surface area (Å²) in [4.78, 5) is 21.4. The van der Waals surface area contributed by atoms with Crippen LogP contribution in [0.15, 0.2) is 65.7 Å². The second-order valence-electron chi connectivity index (χ2n) is 8.01. The van der Waals surface area contributed by atoms with Crippen LogP contribution in [0.5, 0.6) is 0 Å². The van der Waals surface area contributed by atoms with Crippen molar-refractivity contribution < 1.29 is 30.8 Å². The standard InChI is InChI=1S/C23H20F4N4O3S/c24-18-6-4-16(5-7-18)21(32)30-35(33,34)19-3-1-2-17(14-19)15-9-12-31(13-10-15)22-28-11-8-20(29-22)23(25,26)27/h1-8,11,14-15H,9-10,12-13H2,(H,30,32). The van der Waals surface area contributed by atoms with Gasteiger partial charge < -0.3 is 4.90 Å². The second kappa shape index (κ2) is 9.61. The van der Waals surface area contributed by atoms with Crippen LogP contribution in [0, 0.1) is 5.82 Å². The Balaban J connectivity index is 1.44. The Bertz CT molecular complexity index is 1320. The van der Waals surface area contributed by atoms with Gasteiger partial charge in [-0.25, -0.2) is 27.5 Å². The van der Waals surface area contributed by atoms with Crippen LogP contribution >= 0.6 is 0 Å². The molecule has 184 valence electrons. The normalized spacial score (nSPS) is 15.1. The molecule has 0 saturated carbocycles. The van der Waals surface area contributed by atoms with Crippen molar-refractivity contribution in [2.75, 3.05) is 18.0 Å². The van der Waals surface area contributed by atoms with Gasteiger partial charge in [0.1, 0.15) is 11.5 Å². The van der Waals surface area contributed by atoms with Crippen LogP contribution in [0.2, 0.25) is 0 Å². The van der Waals surface area contributed by atoms with Gasteiger partial charge in [0, 0.05) is 24.8 Å². The summed E-state index contributed by atoms with van der Waals surface area (Å²) in [7, 11) is -4.18. The van der Waals surface area contributed by atoms with Gasteiger partial charge in [-0.1, -0.05) is 12.1 Å². The number of nitrogens with zero attached hydrogens (tertiary/aromatic N) is 3. The van der Waals surface area contributed by atoms with Gasteiger partial charge in [0.25, 0.3) is 15.9 Å². The summed E-state index contributed by atoms with van der Waals surface area (Å²) in [6, 6.07) is 11.4. The average Bonchev–Trinajstić information content (AvgIpc) is 2.84. The number of nitrogens with one attached hydrogen (secondary N) is 1. The minimum absolute atomic E-state index is 0.00175. The molecule has 2 aromatic carbocycles. The third-order valence-corrected chi connectivity index (χ3v) is 7.01. The van der Waals surface area contributed by atoms with E-state index in [4.69, 9.17) is 0 Å². The van der Waals surface area contributed by atoms with Crippen molar-refractivity contribution in [3.05, 3.63) is 83.4 Å². The predicted octanol–water partition coefficient (Wildman–Crippen LogP) is 4.14. The summed E-state index contributed by atoms with van der Waals surface area (Å²) in [5, 5.41) is 0. The molecule has 35 heavy (non-hydrogen) atoms. The second-order valence-corrected chi connectivity index (χ2v) is 9.70. The van der Waals surface area contributed by atoms with E-state index in [1.807, 2.05) is 4.72 Å². The van der Waals surface area contributed by atoms with E-state index in [2.05, 4.69) is 9.97 Å². The molecule has 12 heteroatoms. The Labute approximate surface area is 198 Å². The lowest BCUT2D eigenvalue weighted by Crippen LogP contribution is -2.34. The van der Waals surface area contributed by atoms with E-state index in [9.17, 15) is 30.8 Å². The van der Waals surface area contributed by atoms with Gasteiger partial charge in [0.05, 0.1) is 4.90 Å². The average molecular weight is 508 g/mol. The smallest absolute Gasteiger partial charge is 0.341 e. The Kier molecular flexibility index (Phi) is 6.75. The van der Waals surface area contributed by atoms with E-state index in [1.165, 1.54) is 24.3 Å². The molecule has 0 aliphatic carbocycles. The largest absolute Gasteiger partial charge is 0.433 e. The van der Waals surface area contributed by atoms with Crippen LogP contribution in [0.25, 0.3) is 0 Å². The predicted molar refractivity (Wildman–Crippen MR) is 119 cm³/mol. The van der Waals surface area contributed by atoms with E-state index in [0.29, 0.717) is 25.9 Å². The van der Waals surface area contributed by atoms with Crippen molar-refractivity contribution in [1.82, 2.24) is 14.7 Å². The first-order valence-corrected chi connectivity index (χ1v) is 12.1. The molecular formula is C23H20F4N4O3S. The molecule has 1 N–H and O–H groups in total. The van der Waals surface area contributed by atoms with Gasteiger partial charge in [-0.15, -0.1) is 0 Å². The van der Waals surface area contributed by atoms with Crippen LogP contribution in [0.4, 0.5) is 23.5 Å². The zero-order valence-electron chi connectivity index (χ0n) is 18.2. The number of benzene rings is 2. The van der Waals surface area contributed by atoms with Crippen molar-refractivity contribution in [1.29, 1.82) is 0 Å². The number of rotatable bonds is 5. The summed E-state index contributed by atoms with van der Waals surface area (Å²) in [5.74, 6) is -1.48. The number of amides is 1. The number of piperidine rings is 1. The maximum atomic E-state index is 13.1. The molecule has 1 aromatic heterocycles. The van der Waals surface area contributed by atoms with Crippen molar-refractivity contribution in [2.24, 2.45) is 0 Å². The van der Waals surface area contributed by atoms with Gasteiger partial charge >= 0.3 is 6.18 Å². The Hall–Kier alpha value is -3.54. The number of carbonyl (C=O) groups is 1. The lowest BCUT2D eigenvalue weighted by Gasteiger charge is -2.32. The summed E-state index contributed by atoms with van der Waals surface area (Å²) in [6.07, 6.45) is -2.39. The van der Waals surface area contributed by atoms with Crippen molar-refractivity contribution in [2.45, 2.75) is 29.8 Å². The SMILES string of the molecule is O=C(NS(=O)(=O)c1cccc(C2CCN(c3nccc(C(F)(F)F)n3)CC2)c1)c1ccc(F)cc1. The number of alkyl halides is 3. The highest BCUT2D eigenvalue weighted by Crippen LogP contribution is 2.32. The molecule has 3 aromatic rings. The first kappa shape index (κ1) is 24.6. The molecule has 0 radical (unpaired) electrons. The molecule has 2 heterocycles. The number of halogens is 4. The van der Waals surface area contributed by atoms with Crippen LogP contribution in [-0.4, -0.2) is 37.4 Å². The monoisotopic (exact) mass is 508 g/mol. The summed E-state index contributed by atoms with van der Waals surface area (Å²) in [5.41, 5.74) is -0.285. The summed E-state index contributed by atoms with van der Waals surface area (Å²) >= 11 is 0. The van der Waals surface area contributed by atoms with Crippen LogP contribution in [0.1, 0.15) is 40.4 Å². The first-order valence-electron chi connectivity index (χ1n) is 10.6. The number of anilines is 1. The number of sulfonamides is 1. The van der Waals surface area contributed by atoms with E-state index >= 15 is 0 Å². The molecule has 7 nitrogen and oxygen atoms in total. The van der Waals surface area contributed by atoms with E-state index < -0.39 is 33.6 Å². The van der Waals surface area contributed by atoms with Crippen molar-refractivity contribution in [3.63, 3.8) is 0 Å². The minimum atomic E-state index is -4.56. The summed E-state index contributed by atoms with van der Waals surface area (Å²) < 4.78 is 79.4. The molecule has 0 atom stereocenters. The van der Waals surface area contributed by atoms with Gasteiger partial charge in [-0.05, 0) is 66.8 Å². The lowest BCUT2D eigenvalue weighted by molar-refractivity contribution is -0.141. The van der Waals surface area contributed by atoms with Crippen LogP contribution < -0.4 is 9.62 Å². The maximum absolute atomic E-state index is 13.1. The van der Waals surface area contributed by atoms with Crippen molar-refractivity contribution in [3.8, 4) is 0 Å². The highest BCUT2D eigenvalue weighted by atomic mass is 32.2. The number of hydrogen-bond acceptors (Lipinski definition) is 6. The molecule has 1 aliphatic heterocycles. The first-order chi connectivity index (χ1) is 16.5. The van der Waals surface area contributed by atoms with Crippen LogP contribution in [0.3, 0.4) is 0 Å². The molecule has 1 saturated heterocycles. The molecule has 0 unspecified atom stereocenters. The Morgan fingerprint density at radius 3 is 2.37 bits per heavy atom. The van der Waals surface area contributed by atoms with Crippen LogP contribution in [-0.2, 0) is 16.2 Å². The third kappa shape index (κ3) is 5.76. The molecule has 1 fully saturated rings. The number of aromatic nitrogens is 2. The molecular weight excluding hydrogens is 488 g/mol. The van der Waals surface area contributed by atoms with Crippen molar-refractivity contribution >= 4 is 21.9 Å². The van der Waals surface area contributed by atoms with Gasteiger partial charge in [0.15, 0.2) is 0 Å². The zero-order valence-corrected chi connectivity index (χ0v) is 19.0. The quantitative estimate of drug-likeness (QED) is 0.521. The highest BCUT2D eigenvalue weighted by Gasteiger charge is 2.33. The van der Waals surface area contributed by atoms with E-state index in [-0.39, 0.29) is 22.3 Å². The third-order valence-electron chi connectivity index (χ3n) is 5.68. The molecule has 4 rings (SSSR count). The molecule has 0 spiro atoms. The van der Waals surface area contributed by atoms with Gasteiger partial charge in [-0.2, -0.15) is 13.2 Å². The minimum Gasteiger partial charge on any atom is -0.341 e. The van der Waals surface area contributed by atoms with Gasteiger partial charge in [0.2, 0.25) is 5.95 Å². The van der Waals surface area contributed by atoms with Gasteiger partial charge in [-0.3, -0.25) is 4.79 Å². The van der Waals surface area contributed by atoms with E-state index in [0.717, 1.165) is 30.0 Å². The topological polar surface area (TPSA) is 92.3 Å². The van der Waals surface area contributed by atoms with E-state index in [1.54, 1.807) is 17.0 Å². The highest BCUT2D eigenvalue weighted by molar-refractivity contribution is 7.90. The number of hydrogen-bond donors (Lipinski definition) is 1.